The monoisotopic (exact) mass is 327 g/mol. The molecule has 0 saturated heterocycles. The summed E-state index contributed by atoms with van der Waals surface area (Å²) < 4.78 is 17.1. The Morgan fingerprint density at radius 2 is 1.62 bits per heavy atom. The fourth-order valence-corrected chi connectivity index (χ4v) is 2.30. The van der Waals surface area contributed by atoms with E-state index in [1.165, 1.54) is 7.11 Å². The molecule has 0 amide bonds. The van der Waals surface area contributed by atoms with E-state index in [4.69, 9.17) is 14.2 Å². The van der Waals surface area contributed by atoms with Gasteiger partial charge in [0.05, 0.1) is 33.2 Å². The number of methoxy groups -OCH3 is 3. The lowest BCUT2D eigenvalue weighted by atomic mass is 10.1. The number of phenols is 1. The summed E-state index contributed by atoms with van der Waals surface area (Å²) in [5, 5.41) is 18.2. The van der Waals surface area contributed by atoms with Crippen molar-refractivity contribution >= 4 is 0 Å². The molecule has 2 aromatic carbocycles. The minimum absolute atomic E-state index is 0.0371. The van der Waals surface area contributed by atoms with Crippen molar-refractivity contribution in [1.82, 2.24) is 15.0 Å². The molecule has 1 N–H and O–H groups in total. The van der Waals surface area contributed by atoms with Gasteiger partial charge in [0.1, 0.15) is 17.2 Å². The van der Waals surface area contributed by atoms with E-state index in [2.05, 4.69) is 10.3 Å². The molecule has 0 aliphatic carbocycles. The summed E-state index contributed by atoms with van der Waals surface area (Å²) in [7, 11) is 4.68. The second kappa shape index (κ2) is 6.49. The highest BCUT2D eigenvalue weighted by molar-refractivity contribution is 5.63. The molecule has 124 valence electrons. The molecule has 3 rings (SSSR count). The van der Waals surface area contributed by atoms with Crippen LogP contribution in [0.2, 0.25) is 0 Å². The normalized spacial score (nSPS) is 10.5. The average molecular weight is 327 g/mol. The summed E-state index contributed by atoms with van der Waals surface area (Å²) >= 11 is 0. The van der Waals surface area contributed by atoms with Gasteiger partial charge in [-0.1, -0.05) is 5.21 Å². The highest BCUT2D eigenvalue weighted by Crippen LogP contribution is 2.30. The Balaban J connectivity index is 1.97. The molecule has 0 saturated carbocycles. The SMILES string of the molecule is COc1cc(OC)cc(-c2cn(-c3ccc(OC)c(O)c3)nn2)c1. The van der Waals surface area contributed by atoms with Crippen LogP contribution < -0.4 is 14.2 Å². The van der Waals surface area contributed by atoms with E-state index in [1.807, 2.05) is 12.1 Å². The minimum Gasteiger partial charge on any atom is -0.504 e. The van der Waals surface area contributed by atoms with E-state index < -0.39 is 0 Å². The average Bonchev–Trinajstić information content (AvgIpc) is 3.11. The van der Waals surface area contributed by atoms with Gasteiger partial charge in [0.2, 0.25) is 0 Å². The standard InChI is InChI=1S/C17H17N3O4/c1-22-13-6-11(7-14(9-13)23-2)15-10-20(19-18-15)12-4-5-17(24-3)16(21)8-12/h4-10,21H,1-3H3. The number of nitrogens with zero attached hydrogens (tertiary/aromatic N) is 3. The Bertz CT molecular complexity index is 839. The van der Waals surface area contributed by atoms with E-state index in [9.17, 15) is 5.11 Å². The molecule has 1 heterocycles. The van der Waals surface area contributed by atoms with Crippen LogP contribution in [0.15, 0.2) is 42.6 Å². The van der Waals surface area contributed by atoms with Gasteiger partial charge in [0.25, 0.3) is 0 Å². The fraction of sp³-hybridized carbons (Fsp3) is 0.176. The van der Waals surface area contributed by atoms with Crippen LogP contribution in [0.3, 0.4) is 0 Å². The zero-order valence-electron chi connectivity index (χ0n) is 13.6. The number of phenolic OH excluding ortho intramolecular Hbond substituents is 1. The molecule has 7 nitrogen and oxygen atoms in total. The highest BCUT2D eigenvalue weighted by Gasteiger charge is 2.10. The van der Waals surface area contributed by atoms with Crippen LogP contribution in [-0.2, 0) is 0 Å². The predicted molar refractivity (Wildman–Crippen MR) is 88.1 cm³/mol. The number of rotatable bonds is 5. The first-order valence-corrected chi connectivity index (χ1v) is 7.17. The molecular formula is C17H17N3O4. The third-order valence-electron chi connectivity index (χ3n) is 3.57. The first-order chi connectivity index (χ1) is 11.6. The lowest BCUT2D eigenvalue weighted by Gasteiger charge is -2.06. The van der Waals surface area contributed by atoms with Gasteiger partial charge in [-0.2, -0.15) is 0 Å². The van der Waals surface area contributed by atoms with Crippen molar-refractivity contribution < 1.29 is 19.3 Å². The molecule has 0 atom stereocenters. The van der Waals surface area contributed by atoms with E-state index in [-0.39, 0.29) is 5.75 Å². The second-order valence-electron chi connectivity index (χ2n) is 5.01. The number of hydrogen-bond acceptors (Lipinski definition) is 6. The van der Waals surface area contributed by atoms with E-state index in [0.29, 0.717) is 28.6 Å². The van der Waals surface area contributed by atoms with Gasteiger partial charge in [-0.15, -0.1) is 5.10 Å². The summed E-state index contributed by atoms with van der Waals surface area (Å²) in [5.41, 5.74) is 2.14. The smallest absolute Gasteiger partial charge is 0.160 e. The van der Waals surface area contributed by atoms with Crippen molar-refractivity contribution in [2.24, 2.45) is 0 Å². The molecule has 3 aromatic rings. The molecule has 24 heavy (non-hydrogen) atoms. The van der Waals surface area contributed by atoms with Crippen LogP contribution in [0.25, 0.3) is 16.9 Å². The third-order valence-corrected chi connectivity index (χ3v) is 3.57. The topological polar surface area (TPSA) is 78.6 Å². The zero-order chi connectivity index (χ0) is 17.1. The van der Waals surface area contributed by atoms with Gasteiger partial charge >= 0.3 is 0 Å². The van der Waals surface area contributed by atoms with Crippen LogP contribution >= 0.6 is 0 Å². The van der Waals surface area contributed by atoms with Crippen molar-refractivity contribution in [3.8, 4) is 39.9 Å². The zero-order valence-corrected chi connectivity index (χ0v) is 13.6. The first kappa shape index (κ1) is 15.7. The van der Waals surface area contributed by atoms with Gasteiger partial charge in [-0.05, 0) is 24.3 Å². The number of hydrogen-bond donors (Lipinski definition) is 1. The minimum atomic E-state index is 0.0371. The highest BCUT2D eigenvalue weighted by atomic mass is 16.5. The van der Waals surface area contributed by atoms with Crippen LogP contribution in [0, 0.1) is 0 Å². The maximum Gasteiger partial charge on any atom is 0.160 e. The lowest BCUT2D eigenvalue weighted by Crippen LogP contribution is -1.95. The molecule has 1 aromatic heterocycles. The predicted octanol–water partition coefficient (Wildman–Crippen LogP) is 2.67. The van der Waals surface area contributed by atoms with Gasteiger partial charge in [-0.25, -0.2) is 4.68 Å². The molecule has 7 heteroatoms. The molecule has 0 aliphatic heterocycles. The van der Waals surface area contributed by atoms with Crippen LogP contribution in [0.1, 0.15) is 0 Å². The van der Waals surface area contributed by atoms with Crippen molar-refractivity contribution in [1.29, 1.82) is 0 Å². The van der Waals surface area contributed by atoms with Gasteiger partial charge in [-0.3, -0.25) is 0 Å². The molecule has 0 aliphatic rings. The largest absolute Gasteiger partial charge is 0.504 e. The molecule has 0 bridgehead atoms. The number of aromatic nitrogens is 3. The van der Waals surface area contributed by atoms with Gasteiger partial charge in [0.15, 0.2) is 11.5 Å². The quantitative estimate of drug-likeness (QED) is 0.776. The molecule has 0 radical (unpaired) electrons. The van der Waals surface area contributed by atoms with Gasteiger partial charge < -0.3 is 19.3 Å². The van der Waals surface area contributed by atoms with Crippen LogP contribution in [0.4, 0.5) is 0 Å². The van der Waals surface area contributed by atoms with E-state index in [0.717, 1.165) is 5.56 Å². The maximum absolute atomic E-state index is 9.89. The second-order valence-corrected chi connectivity index (χ2v) is 5.01. The first-order valence-electron chi connectivity index (χ1n) is 7.17. The van der Waals surface area contributed by atoms with Crippen molar-refractivity contribution in [2.75, 3.05) is 21.3 Å². The lowest BCUT2D eigenvalue weighted by molar-refractivity contribution is 0.373. The molecule has 0 fully saturated rings. The summed E-state index contributed by atoms with van der Waals surface area (Å²) in [6.45, 7) is 0. The number of ether oxygens (including phenoxy) is 3. The Labute approximate surface area is 139 Å². The summed E-state index contributed by atoms with van der Waals surface area (Å²) in [4.78, 5) is 0. The molecule has 0 unspecified atom stereocenters. The Morgan fingerprint density at radius 1 is 0.917 bits per heavy atom. The number of benzene rings is 2. The van der Waals surface area contributed by atoms with E-state index >= 15 is 0 Å². The fourth-order valence-electron chi connectivity index (χ4n) is 2.30. The Hall–Kier alpha value is -3.22. The Kier molecular flexibility index (Phi) is 4.24. The van der Waals surface area contributed by atoms with Crippen molar-refractivity contribution in [3.63, 3.8) is 0 Å². The van der Waals surface area contributed by atoms with Crippen LogP contribution in [0.5, 0.6) is 23.0 Å². The summed E-state index contributed by atoms with van der Waals surface area (Å²) in [6, 6.07) is 10.5. The summed E-state index contributed by atoms with van der Waals surface area (Å²) in [6.07, 6.45) is 1.76. The van der Waals surface area contributed by atoms with Crippen molar-refractivity contribution in [3.05, 3.63) is 42.6 Å². The van der Waals surface area contributed by atoms with Crippen LogP contribution in [-0.4, -0.2) is 41.4 Å². The third kappa shape index (κ3) is 2.96. The molecular weight excluding hydrogens is 310 g/mol. The molecule has 0 spiro atoms. The van der Waals surface area contributed by atoms with Gasteiger partial charge in [0, 0.05) is 17.7 Å². The number of aromatic hydroxyl groups is 1. The maximum atomic E-state index is 9.89. The summed E-state index contributed by atoms with van der Waals surface area (Å²) in [5.74, 6) is 1.77. The van der Waals surface area contributed by atoms with Crippen molar-refractivity contribution in [2.45, 2.75) is 0 Å². The van der Waals surface area contributed by atoms with E-state index in [1.54, 1.807) is 49.4 Å². The Morgan fingerprint density at radius 3 is 2.21 bits per heavy atom.